The van der Waals surface area contributed by atoms with E-state index in [4.69, 9.17) is 9.47 Å². The van der Waals surface area contributed by atoms with Gasteiger partial charge in [-0.25, -0.2) is 0 Å². The maximum Gasteiger partial charge on any atom is 0.217 e. The summed E-state index contributed by atoms with van der Waals surface area (Å²) in [6, 6.07) is -0.119. The number of carbonyl (C=O) groups excluding carboxylic acids is 2. The maximum absolute atomic E-state index is 11.0. The summed E-state index contributed by atoms with van der Waals surface area (Å²) in [6.45, 7) is 3.41. The van der Waals surface area contributed by atoms with Crippen molar-refractivity contribution in [3.05, 3.63) is 0 Å². The molecule has 1 fully saturated rings. The predicted octanol–water partition coefficient (Wildman–Crippen LogP) is -0.221. The molecule has 0 aliphatic carbocycles. The topological polar surface area (TPSA) is 76.7 Å². The van der Waals surface area contributed by atoms with Crippen LogP contribution >= 0.6 is 0 Å². The summed E-state index contributed by atoms with van der Waals surface area (Å²) in [4.78, 5) is 21.8. The van der Waals surface area contributed by atoms with Crippen LogP contribution in [0.4, 0.5) is 0 Å². The summed E-state index contributed by atoms with van der Waals surface area (Å²) in [7, 11) is 1.54. The van der Waals surface area contributed by atoms with Gasteiger partial charge in [0, 0.05) is 27.5 Å². The molecule has 3 unspecified atom stereocenters. The Morgan fingerprint density at radius 1 is 1.29 bits per heavy atom. The summed E-state index contributed by atoms with van der Waals surface area (Å²) in [5.41, 5.74) is 0. The van der Waals surface area contributed by atoms with E-state index in [-0.39, 0.29) is 24.0 Å². The van der Waals surface area contributed by atoms with Crippen molar-refractivity contribution in [2.75, 3.05) is 13.7 Å². The van der Waals surface area contributed by atoms with Gasteiger partial charge < -0.3 is 20.1 Å². The standard InChI is InChI=1S/C11H20N2O4/c1-7(14)12-6-9-4-5-10(13-8(2)15)11(16-3)17-9/h9-11H,4-6H2,1-3H3,(H,12,14)(H,13,15). The largest absolute Gasteiger partial charge is 0.354 e. The lowest BCUT2D eigenvalue weighted by Gasteiger charge is -2.35. The molecule has 0 aromatic rings. The lowest BCUT2D eigenvalue weighted by atomic mass is 10.0. The third-order valence-corrected chi connectivity index (χ3v) is 2.65. The molecule has 0 saturated carbocycles. The van der Waals surface area contributed by atoms with E-state index in [1.807, 2.05) is 0 Å². The van der Waals surface area contributed by atoms with Crippen LogP contribution in [0, 0.1) is 0 Å². The highest BCUT2D eigenvalue weighted by Gasteiger charge is 2.31. The van der Waals surface area contributed by atoms with Gasteiger partial charge in [0.2, 0.25) is 11.8 Å². The summed E-state index contributed by atoms with van der Waals surface area (Å²) in [5.74, 6) is -0.174. The third-order valence-electron chi connectivity index (χ3n) is 2.65. The highest BCUT2D eigenvalue weighted by atomic mass is 16.7. The normalized spacial score (nSPS) is 28.5. The van der Waals surface area contributed by atoms with Gasteiger partial charge >= 0.3 is 0 Å². The van der Waals surface area contributed by atoms with Crippen molar-refractivity contribution in [2.45, 2.75) is 45.1 Å². The third kappa shape index (κ3) is 4.70. The first kappa shape index (κ1) is 13.9. The highest BCUT2D eigenvalue weighted by Crippen LogP contribution is 2.19. The monoisotopic (exact) mass is 244 g/mol. The van der Waals surface area contributed by atoms with Crippen LogP contribution in [-0.4, -0.2) is 43.9 Å². The Kier molecular flexibility index (Phi) is 5.37. The Bertz CT molecular complexity index is 283. The number of carbonyl (C=O) groups is 2. The van der Waals surface area contributed by atoms with Crippen LogP contribution in [0.5, 0.6) is 0 Å². The summed E-state index contributed by atoms with van der Waals surface area (Å²) >= 11 is 0. The molecule has 1 rings (SSSR count). The molecular weight excluding hydrogens is 224 g/mol. The van der Waals surface area contributed by atoms with Crippen LogP contribution in [0.25, 0.3) is 0 Å². The van der Waals surface area contributed by atoms with Crippen molar-refractivity contribution in [2.24, 2.45) is 0 Å². The predicted molar refractivity (Wildman–Crippen MR) is 61.2 cm³/mol. The number of amides is 2. The fourth-order valence-corrected chi connectivity index (χ4v) is 1.88. The molecule has 1 saturated heterocycles. The molecule has 98 valence electrons. The van der Waals surface area contributed by atoms with Crippen molar-refractivity contribution in [3.63, 3.8) is 0 Å². The Labute approximate surface area is 101 Å². The fraction of sp³-hybridized carbons (Fsp3) is 0.818. The zero-order chi connectivity index (χ0) is 12.8. The van der Waals surface area contributed by atoms with Crippen molar-refractivity contribution < 1.29 is 19.1 Å². The van der Waals surface area contributed by atoms with E-state index in [9.17, 15) is 9.59 Å². The zero-order valence-electron chi connectivity index (χ0n) is 10.5. The van der Waals surface area contributed by atoms with Crippen LogP contribution in [0.2, 0.25) is 0 Å². The minimum Gasteiger partial charge on any atom is -0.354 e. The lowest BCUT2D eigenvalue weighted by molar-refractivity contribution is -0.194. The fourth-order valence-electron chi connectivity index (χ4n) is 1.88. The Balaban J connectivity index is 2.42. The second-order valence-electron chi connectivity index (χ2n) is 4.18. The first-order chi connectivity index (χ1) is 8.02. The van der Waals surface area contributed by atoms with E-state index in [0.717, 1.165) is 12.8 Å². The average Bonchev–Trinajstić information content (AvgIpc) is 2.26. The molecule has 3 atom stereocenters. The van der Waals surface area contributed by atoms with Crippen LogP contribution in [0.15, 0.2) is 0 Å². The first-order valence-electron chi connectivity index (χ1n) is 5.72. The average molecular weight is 244 g/mol. The van der Waals surface area contributed by atoms with Crippen LogP contribution in [-0.2, 0) is 19.1 Å². The molecule has 6 nitrogen and oxygen atoms in total. The minimum absolute atomic E-state index is 0.0612. The van der Waals surface area contributed by atoms with Gasteiger partial charge in [0.15, 0.2) is 6.29 Å². The molecular formula is C11H20N2O4. The molecule has 1 aliphatic rings. The maximum atomic E-state index is 11.0. The first-order valence-corrected chi connectivity index (χ1v) is 5.72. The number of methoxy groups -OCH3 is 1. The van der Waals surface area contributed by atoms with E-state index in [2.05, 4.69) is 10.6 Å². The van der Waals surface area contributed by atoms with Gasteiger partial charge in [0.1, 0.15) is 0 Å². The summed E-state index contributed by atoms with van der Waals surface area (Å²) < 4.78 is 10.8. The molecule has 1 aliphatic heterocycles. The van der Waals surface area contributed by atoms with Gasteiger partial charge in [-0.05, 0) is 12.8 Å². The van der Waals surface area contributed by atoms with Crippen LogP contribution in [0.3, 0.4) is 0 Å². The molecule has 0 aromatic heterocycles. The van der Waals surface area contributed by atoms with Crippen LogP contribution < -0.4 is 10.6 Å². The van der Waals surface area contributed by atoms with Crippen molar-refractivity contribution in [3.8, 4) is 0 Å². The Morgan fingerprint density at radius 2 is 2.00 bits per heavy atom. The number of rotatable bonds is 4. The smallest absolute Gasteiger partial charge is 0.217 e. The van der Waals surface area contributed by atoms with E-state index < -0.39 is 6.29 Å². The van der Waals surface area contributed by atoms with Crippen molar-refractivity contribution in [1.29, 1.82) is 0 Å². The van der Waals surface area contributed by atoms with Crippen molar-refractivity contribution >= 4 is 11.8 Å². The van der Waals surface area contributed by atoms with Gasteiger partial charge in [-0.1, -0.05) is 0 Å². The van der Waals surface area contributed by atoms with Gasteiger partial charge in [-0.15, -0.1) is 0 Å². The van der Waals surface area contributed by atoms with E-state index in [0.29, 0.717) is 6.54 Å². The number of nitrogens with one attached hydrogen (secondary N) is 2. The molecule has 2 N–H and O–H groups in total. The van der Waals surface area contributed by atoms with Crippen LogP contribution in [0.1, 0.15) is 26.7 Å². The minimum atomic E-state index is -0.452. The molecule has 2 amide bonds. The SMILES string of the molecule is COC1OC(CNC(C)=O)CCC1NC(C)=O. The van der Waals surface area contributed by atoms with Gasteiger partial charge in [0.05, 0.1) is 12.1 Å². The second kappa shape index (κ2) is 6.56. The Hall–Kier alpha value is -1.14. The molecule has 1 heterocycles. The lowest BCUT2D eigenvalue weighted by Crippen LogP contribution is -2.51. The van der Waals surface area contributed by atoms with Gasteiger partial charge in [-0.3, -0.25) is 9.59 Å². The number of hydrogen-bond donors (Lipinski definition) is 2. The van der Waals surface area contributed by atoms with E-state index in [1.54, 1.807) is 7.11 Å². The Morgan fingerprint density at radius 3 is 2.53 bits per heavy atom. The molecule has 0 spiro atoms. The molecule has 0 radical (unpaired) electrons. The number of hydrogen-bond acceptors (Lipinski definition) is 4. The van der Waals surface area contributed by atoms with E-state index in [1.165, 1.54) is 13.8 Å². The molecule has 0 aromatic carbocycles. The molecule has 17 heavy (non-hydrogen) atoms. The summed E-state index contributed by atoms with van der Waals surface area (Å²) in [6.07, 6.45) is 1.05. The number of ether oxygens (including phenoxy) is 2. The second-order valence-corrected chi connectivity index (χ2v) is 4.18. The van der Waals surface area contributed by atoms with E-state index >= 15 is 0 Å². The van der Waals surface area contributed by atoms with Gasteiger partial charge in [-0.2, -0.15) is 0 Å². The zero-order valence-corrected chi connectivity index (χ0v) is 10.5. The molecule has 0 bridgehead atoms. The van der Waals surface area contributed by atoms with Gasteiger partial charge in [0.25, 0.3) is 0 Å². The highest BCUT2D eigenvalue weighted by molar-refractivity contribution is 5.73. The summed E-state index contributed by atoms with van der Waals surface area (Å²) in [5, 5.41) is 5.50. The molecule has 6 heteroatoms. The van der Waals surface area contributed by atoms with Crippen molar-refractivity contribution in [1.82, 2.24) is 10.6 Å². The quantitative estimate of drug-likeness (QED) is 0.716.